The van der Waals surface area contributed by atoms with Gasteiger partial charge in [-0.2, -0.15) is 0 Å². The second kappa shape index (κ2) is 6.38. The van der Waals surface area contributed by atoms with Crippen molar-refractivity contribution >= 4 is 11.9 Å². The molecule has 0 radical (unpaired) electrons. The van der Waals surface area contributed by atoms with Gasteiger partial charge in [-0.1, -0.05) is 32.0 Å². The first-order valence-electron chi connectivity index (χ1n) is 7.78. The molecule has 1 heterocycles. The molecule has 1 aromatic rings. The van der Waals surface area contributed by atoms with E-state index in [0.717, 1.165) is 16.9 Å². The van der Waals surface area contributed by atoms with Crippen molar-refractivity contribution in [3.63, 3.8) is 0 Å². The summed E-state index contributed by atoms with van der Waals surface area (Å²) in [6, 6.07) is 5.62. The van der Waals surface area contributed by atoms with Crippen molar-refractivity contribution in [1.29, 1.82) is 0 Å². The van der Waals surface area contributed by atoms with Crippen LogP contribution in [0, 0.1) is 13.8 Å². The first-order chi connectivity index (χ1) is 10.4. The van der Waals surface area contributed by atoms with Crippen LogP contribution in [-0.4, -0.2) is 35.5 Å². The lowest BCUT2D eigenvalue weighted by Crippen LogP contribution is -2.46. The molecule has 3 amide bonds. The quantitative estimate of drug-likeness (QED) is 0.822. The molecule has 0 aromatic heterocycles. The number of aryl methyl sites for hydroxylation is 2. The SMILES string of the molecule is CCC1(CC)NC(=O)N(CCOc2c(C)cccc2C)C1=O. The van der Waals surface area contributed by atoms with E-state index in [1.54, 1.807) is 0 Å². The molecule has 1 aliphatic rings. The Morgan fingerprint density at radius 3 is 2.23 bits per heavy atom. The fourth-order valence-electron chi connectivity index (χ4n) is 2.87. The molecule has 0 bridgehead atoms. The molecule has 5 heteroatoms. The number of amides is 3. The van der Waals surface area contributed by atoms with Crippen LogP contribution in [0.5, 0.6) is 5.75 Å². The Morgan fingerprint density at radius 1 is 1.14 bits per heavy atom. The van der Waals surface area contributed by atoms with Crippen LogP contribution >= 0.6 is 0 Å². The van der Waals surface area contributed by atoms with Crippen LogP contribution in [0.25, 0.3) is 0 Å². The largest absolute Gasteiger partial charge is 0.491 e. The molecule has 1 saturated heterocycles. The molecular weight excluding hydrogens is 280 g/mol. The molecule has 22 heavy (non-hydrogen) atoms. The van der Waals surface area contributed by atoms with E-state index in [4.69, 9.17) is 4.74 Å². The van der Waals surface area contributed by atoms with Crippen molar-refractivity contribution in [3.05, 3.63) is 29.3 Å². The van der Waals surface area contributed by atoms with Crippen LogP contribution in [0.1, 0.15) is 37.8 Å². The Kier molecular flexibility index (Phi) is 4.74. The number of hydrogen-bond donors (Lipinski definition) is 1. The summed E-state index contributed by atoms with van der Waals surface area (Å²) >= 11 is 0. The van der Waals surface area contributed by atoms with Crippen molar-refractivity contribution in [2.75, 3.05) is 13.2 Å². The average Bonchev–Trinajstić information content (AvgIpc) is 2.74. The van der Waals surface area contributed by atoms with Crippen molar-refractivity contribution < 1.29 is 14.3 Å². The van der Waals surface area contributed by atoms with E-state index in [9.17, 15) is 9.59 Å². The lowest BCUT2D eigenvalue weighted by atomic mass is 9.93. The van der Waals surface area contributed by atoms with Crippen LogP contribution in [-0.2, 0) is 4.79 Å². The number of nitrogens with one attached hydrogen (secondary N) is 1. The van der Waals surface area contributed by atoms with Gasteiger partial charge >= 0.3 is 6.03 Å². The van der Waals surface area contributed by atoms with Crippen LogP contribution in [0.3, 0.4) is 0 Å². The Labute approximate surface area is 131 Å². The van der Waals surface area contributed by atoms with Gasteiger partial charge in [-0.05, 0) is 37.8 Å². The molecule has 0 saturated carbocycles. The number of hydrogen-bond acceptors (Lipinski definition) is 3. The maximum absolute atomic E-state index is 12.5. The van der Waals surface area contributed by atoms with E-state index in [0.29, 0.717) is 19.4 Å². The molecule has 5 nitrogen and oxygen atoms in total. The number of nitrogens with zero attached hydrogens (tertiary/aromatic N) is 1. The summed E-state index contributed by atoms with van der Waals surface area (Å²) in [6.07, 6.45) is 1.20. The first-order valence-corrected chi connectivity index (χ1v) is 7.78. The van der Waals surface area contributed by atoms with Crippen molar-refractivity contribution in [2.45, 2.75) is 46.1 Å². The van der Waals surface area contributed by atoms with Gasteiger partial charge in [0.1, 0.15) is 17.9 Å². The summed E-state index contributed by atoms with van der Waals surface area (Å²) in [5.41, 5.74) is 1.36. The van der Waals surface area contributed by atoms with E-state index >= 15 is 0 Å². The lowest BCUT2D eigenvalue weighted by molar-refractivity contribution is -0.131. The number of rotatable bonds is 6. The number of imide groups is 1. The normalized spacial score (nSPS) is 16.8. The summed E-state index contributed by atoms with van der Waals surface area (Å²) in [5.74, 6) is 0.680. The van der Waals surface area contributed by atoms with E-state index in [-0.39, 0.29) is 18.5 Å². The maximum Gasteiger partial charge on any atom is 0.325 e. The molecule has 1 aliphatic heterocycles. The van der Waals surface area contributed by atoms with Crippen molar-refractivity contribution in [1.82, 2.24) is 10.2 Å². The van der Waals surface area contributed by atoms with Gasteiger partial charge in [-0.3, -0.25) is 9.69 Å². The second-order valence-corrected chi connectivity index (χ2v) is 5.75. The molecule has 2 rings (SSSR count). The molecule has 1 fully saturated rings. The summed E-state index contributed by atoms with van der Waals surface area (Å²) in [5, 5.41) is 2.82. The van der Waals surface area contributed by atoms with Crippen LogP contribution in [0.15, 0.2) is 18.2 Å². The second-order valence-electron chi connectivity index (χ2n) is 5.75. The smallest absolute Gasteiger partial charge is 0.325 e. The highest BCUT2D eigenvalue weighted by molar-refractivity contribution is 6.06. The van der Waals surface area contributed by atoms with E-state index in [1.165, 1.54) is 4.90 Å². The molecule has 0 aliphatic carbocycles. The minimum absolute atomic E-state index is 0.146. The van der Waals surface area contributed by atoms with Gasteiger partial charge in [0, 0.05) is 0 Å². The Bertz CT molecular complexity index is 559. The first kappa shape index (κ1) is 16.3. The minimum atomic E-state index is -0.740. The number of carbonyl (C=O) groups is 2. The predicted octanol–water partition coefficient (Wildman–Crippen LogP) is 2.79. The highest BCUT2D eigenvalue weighted by Gasteiger charge is 2.48. The highest BCUT2D eigenvalue weighted by atomic mass is 16.5. The number of ether oxygens (including phenoxy) is 1. The van der Waals surface area contributed by atoms with Crippen LogP contribution < -0.4 is 10.1 Å². The molecule has 0 unspecified atom stereocenters. The summed E-state index contributed by atoms with van der Waals surface area (Å²) in [7, 11) is 0. The van der Waals surface area contributed by atoms with Gasteiger partial charge in [0.25, 0.3) is 5.91 Å². The zero-order chi connectivity index (χ0) is 16.3. The third-order valence-electron chi connectivity index (χ3n) is 4.42. The third kappa shape index (κ3) is 2.80. The molecule has 0 atom stereocenters. The Morgan fingerprint density at radius 2 is 1.73 bits per heavy atom. The van der Waals surface area contributed by atoms with Gasteiger partial charge in [0.2, 0.25) is 0 Å². The zero-order valence-electron chi connectivity index (χ0n) is 13.7. The number of carbonyl (C=O) groups excluding carboxylic acids is 2. The summed E-state index contributed by atoms with van der Waals surface area (Å²) < 4.78 is 5.79. The van der Waals surface area contributed by atoms with Crippen molar-refractivity contribution in [3.8, 4) is 5.75 Å². The van der Waals surface area contributed by atoms with Gasteiger partial charge in [0.15, 0.2) is 0 Å². The number of urea groups is 1. The standard InChI is InChI=1S/C17H24N2O3/c1-5-17(6-2)15(20)19(16(21)18-17)10-11-22-14-12(3)8-7-9-13(14)4/h7-9H,5-6,10-11H2,1-4H3,(H,18,21). The van der Waals surface area contributed by atoms with Crippen molar-refractivity contribution in [2.24, 2.45) is 0 Å². The Balaban J connectivity index is 2.00. The van der Waals surface area contributed by atoms with E-state index in [2.05, 4.69) is 5.32 Å². The lowest BCUT2D eigenvalue weighted by Gasteiger charge is -2.23. The summed E-state index contributed by atoms with van der Waals surface area (Å²) in [6.45, 7) is 8.36. The topological polar surface area (TPSA) is 58.6 Å². The highest BCUT2D eigenvalue weighted by Crippen LogP contribution is 2.25. The Hall–Kier alpha value is -2.04. The van der Waals surface area contributed by atoms with Gasteiger partial charge < -0.3 is 10.1 Å². The summed E-state index contributed by atoms with van der Waals surface area (Å²) in [4.78, 5) is 25.8. The number of para-hydroxylation sites is 1. The van der Waals surface area contributed by atoms with Crippen LogP contribution in [0.2, 0.25) is 0 Å². The maximum atomic E-state index is 12.5. The fraction of sp³-hybridized carbons (Fsp3) is 0.529. The predicted molar refractivity (Wildman–Crippen MR) is 85.0 cm³/mol. The zero-order valence-corrected chi connectivity index (χ0v) is 13.7. The van der Waals surface area contributed by atoms with Crippen LogP contribution in [0.4, 0.5) is 4.79 Å². The number of benzene rings is 1. The molecule has 1 N–H and O–H groups in total. The minimum Gasteiger partial charge on any atom is -0.491 e. The monoisotopic (exact) mass is 304 g/mol. The van der Waals surface area contributed by atoms with Gasteiger partial charge in [-0.25, -0.2) is 4.79 Å². The molecular formula is C17H24N2O3. The molecule has 120 valence electrons. The van der Waals surface area contributed by atoms with E-state index < -0.39 is 5.54 Å². The molecule has 1 aromatic carbocycles. The third-order valence-corrected chi connectivity index (χ3v) is 4.42. The van der Waals surface area contributed by atoms with Gasteiger partial charge in [-0.15, -0.1) is 0 Å². The van der Waals surface area contributed by atoms with E-state index in [1.807, 2.05) is 45.9 Å². The fourth-order valence-corrected chi connectivity index (χ4v) is 2.87. The average molecular weight is 304 g/mol. The molecule has 0 spiro atoms. The van der Waals surface area contributed by atoms with Gasteiger partial charge in [0.05, 0.1) is 6.54 Å².